The lowest BCUT2D eigenvalue weighted by molar-refractivity contribution is -0.145. The zero-order chi connectivity index (χ0) is 40.9. The Labute approximate surface area is 333 Å². The molecule has 2 aliphatic rings. The fourth-order valence-electron chi connectivity index (χ4n) is 4.10. The fourth-order valence-corrected chi connectivity index (χ4v) is 4.66. The van der Waals surface area contributed by atoms with Crippen LogP contribution in [0.2, 0.25) is 0 Å². The molecule has 2 saturated heterocycles. The molecule has 4 aromatic heterocycles. The number of nitrogens with two attached hydrogens (primary N) is 2. The minimum absolute atomic E-state index is 0. The predicted molar refractivity (Wildman–Crippen MR) is 205 cm³/mol. The van der Waals surface area contributed by atoms with Crippen molar-refractivity contribution in [3.63, 3.8) is 0 Å². The minimum Gasteiger partial charge on any atom is -0.405 e. The summed E-state index contributed by atoms with van der Waals surface area (Å²) in [6, 6.07) is 10.2. The highest BCUT2D eigenvalue weighted by Gasteiger charge is 2.63. The first kappa shape index (κ1) is 47.7. The Morgan fingerprint density at radius 1 is 0.564 bits per heavy atom. The van der Waals surface area contributed by atoms with Crippen molar-refractivity contribution in [2.45, 2.75) is 97.6 Å². The van der Waals surface area contributed by atoms with Crippen LogP contribution < -0.4 is 11.5 Å². The number of hydrogen-bond acceptors (Lipinski definition) is 12. The Morgan fingerprint density at radius 3 is 1.22 bits per heavy atom. The molecule has 0 amide bonds. The smallest absolute Gasteiger partial charge is 0.405 e. The zero-order valence-corrected chi connectivity index (χ0v) is 33.6. The molecule has 4 aromatic rings. The van der Waals surface area contributed by atoms with E-state index in [9.17, 15) is 26.3 Å². The third-order valence-electron chi connectivity index (χ3n) is 8.35. The van der Waals surface area contributed by atoms with Gasteiger partial charge in [0.1, 0.15) is 16.2 Å². The average Bonchev–Trinajstić information content (AvgIpc) is 3.41. The van der Waals surface area contributed by atoms with Crippen molar-refractivity contribution in [1.29, 1.82) is 0 Å². The molecule has 6 heterocycles. The number of rotatable bonds is 2. The molecule has 0 spiro atoms. The van der Waals surface area contributed by atoms with E-state index in [0.29, 0.717) is 21.5 Å². The number of aromatic nitrogens is 6. The molecule has 2 fully saturated rings. The van der Waals surface area contributed by atoms with Crippen LogP contribution in [-0.2, 0) is 31.0 Å². The Morgan fingerprint density at radius 2 is 0.909 bits per heavy atom. The summed E-state index contributed by atoms with van der Waals surface area (Å²) in [5, 5.41) is 0. The molecule has 6 rings (SSSR count). The van der Waals surface area contributed by atoms with E-state index in [2.05, 4.69) is 61.8 Å². The lowest BCUT2D eigenvalue weighted by Crippen LogP contribution is -2.41. The van der Waals surface area contributed by atoms with Gasteiger partial charge in [0, 0.05) is 30.4 Å². The lowest BCUT2D eigenvalue weighted by Gasteiger charge is -2.32. The van der Waals surface area contributed by atoms with Crippen molar-refractivity contribution in [3.8, 4) is 11.3 Å². The molecule has 55 heavy (non-hydrogen) atoms. The van der Waals surface area contributed by atoms with E-state index in [1.54, 1.807) is 24.3 Å². The highest BCUT2D eigenvalue weighted by Crippen LogP contribution is 2.43. The van der Waals surface area contributed by atoms with Gasteiger partial charge in [0.05, 0.1) is 32.6 Å². The second-order valence-electron chi connectivity index (χ2n) is 13.6. The normalized spacial score (nSPS) is 17.7. The number of halogens is 8. The van der Waals surface area contributed by atoms with Crippen LogP contribution in [0.15, 0.2) is 70.3 Å². The SMILES string of the molecule is C.CC1(C)OB(B2OC(C)(C)C(C)(C)O2)OC1(C)C.FC(F)(F)c1ncc(Br)cn1.Nc1cccc(-c2cnc(C(F)(F)F)nc2)n1.Nc1cccc(Br)n1. The summed E-state index contributed by atoms with van der Waals surface area (Å²) in [5.74, 6) is -1.48. The fraction of sp³-hybridized carbons (Fsp3) is 0.455. The van der Waals surface area contributed by atoms with E-state index in [0.717, 1.165) is 29.4 Å². The Bertz CT molecular complexity index is 1760. The first-order chi connectivity index (χ1) is 24.6. The molecule has 0 saturated carbocycles. The summed E-state index contributed by atoms with van der Waals surface area (Å²) in [6.07, 6.45) is -4.76. The molecular formula is C33H42B2Br2F6N8O4. The van der Waals surface area contributed by atoms with E-state index in [-0.39, 0.29) is 35.6 Å². The summed E-state index contributed by atoms with van der Waals surface area (Å²) in [6.45, 7) is 16.2. The van der Waals surface area contributed by atoms with Gasteiger partial charge in [-0.2, -0.15) is 26.3 Å². The van der Waals surface area contributed by atoms with Crippen LogP contribution in [0.25, 0.3) is 11.3 Å². The molecule has 2 aliphatic heterocycles. The van der Waals surface area contributed by atoms with Gasteiger partial charge >= 0.3 is 26.4 Å². The Hall–Kier alpha value is -3.43. The number of alkyl halides is 6. The van der Waals surface area contributed by atoms with Gasteiger partial charge in [-0.1, -0.05) is 19.6 Å². The van der Waals surface area contributed by atoms with E-state index < -0.39 is 38.0 Å². The summed E-state index contributed by atoms with van der Waals surface area (Å²) in [5.41, 5.74) is 10.2. The van der Waals surface area contributed by atoms with E-state index >= 15 is 0 Å². The molecule has 4 N–H and O–H groups in total. The molecule has 22 heteroatoms. The van der Waals surface area contributed by atoms with Gasteiger partial charge in [0.15, 0.2) is 0 Å². The number of anilines is 2. The zero-order valence-electron chi connectivity index (χ0n) is 30.4. The summed E-state index contributed by atoms with van der Waals surface area (Å²) in [4.78, 5) is 20.4. The number of pyridine rings is 2. The number of hydrogen-bond donors (Lipinski definition) is 2. The maximum absolute atomic E-state index is 12.2. The van der Waals surface area contributed by atoms with Gasteiger partial charge in [0.2, 0.25) is 11.6 Å². The molecule has 0 bridgehead atoms. The number of nitrogens with zero attached hydrogens (tertiary/aromatic N) is 6. The largest absolute Gasteiger partial charge is 0.488 e. The molecule has 0 radical (unpaired) electrons. The molecule has 300 valence electrons. The van der Waals surface area contributed by atoms with Gasteiger partial charge in [-0.3, -0.25) is 0 Å². The quantitative estimate of drug-likeness (QED) is 0.112. The first-order valence-corrected chi connectivity index (χ1v) is 17.5. The van der Waals surface area contributed by atoms with E-state index in [4.69, 9.17) is 30.1 Å². The lowest BCUT2D eigenvalue weighted by atomic mass is 9.49. The third-order valence-corrected chi connectivity index (χ3v) is 9.20. The van der Waals surface area contributed by atoms with Crippen molar-refractivity contribution in [2.24, 2.45) is 0 Å². The standard InChI is InChI=1S/C12H24B2O4.C10H7F3N4.C5H2BrF3N2.C5H5BrN2.CH4/c1-9(2)10(3,4)16-13(15-9)14-17-11(5,6)12(7,8)18-14;11-10(12,13)9-15-4-6(5-16-9)7-2-1-3-8(14)17-7;6-3-1-10-4(11-2-3)5(7,8)9;6-4-2-1-3-5(7)8-4;/h1-8H3;1-5H,(H2,14,17);1-2H;1-3H,(H2,7,8);1H4. The van der Waals surface area contributed by atoms with E-state index in [1.807, 2.05) is 67.5 Å². The van der Waals surface area contributed by atoms with Crippen LogP contribution in [-0.4, -0.2) is 66.3 Å². The van der Waals surface area contributed by atoms with Crippen molar-refractivity contribution < 1.29 is 45.0 Å². The van der Waals surface area contributed by atoms with Gasteiger partial charge in [-0.15, -0.1) is 0 Å². The predicted octanol–water partition coefficient (Wildman–Crippen LogP) is 8.71. The van der Waals surface area contributed by atoms with Crippen molar-refractivity contribution in [2.75, 3.05) is 11.5 Å². The van der Waals surface area contributed by atoms with Crippen molar-refractivity contribution in [3.05, 3.63) is 81.9 Å². The number of nitrogen functional groups attached to an aromatic ring is 2. The van der Waals surface area contributed by atoms with Crippen LogP contribution in [0, 0.1) is 0 Å². The van der Waals surface area contributed by atoms with Gasteiger partial charge in [-0.05, 0) is 112 Å². The summed E-state index contributed by atoms with van der Waals surface area (Å²) in [7, 11) is -0.952. The maximum atomic E-state index is 12.2. The Kier molecular flexibility index (Phi) is 15.8. The van der Waals surface area contributed by atoms with Crippen LogP contribution in [0.4, 0.5) is 38.0 Å². The highest BCUT2D eigenvalue weighted by atomic mass is 79.9. The Balaban J connectivity index is 0.000000263. The van der Waals surface area contributed by atoms with Gasteiger partial charge in [-0.25, -0.2) is 29.9 Å². The summed E-state index contributed by atoms with van der Waals surface area (Å²) < 4.78 is 97.1. The van der Waals surface area contributed by atoms with Crippen molar-refractivity contribution >= 4 is 57.5 Å². The maximum Gasteiger partial charge on any atom is 0.488 e. The van der Waals surface area contributed by atoms with Crippen LogP contribution in [0.5, 0.6) is 0 Å². The van der Waals surface area contributed by atoms with E-state index in [1.165, 1.54) is 0 Å². The molecule has 0 atom stereocenters. The van der Waals surface area contributed by atoms with Gasteiger partial charge < -0.3 is 30.1 Å². The topological polar surface area (TPSA) is 166 Å². The molecular weight excluding hydrogens is 868 g/mol. The minimum atomic E-state index is -4.54. The van der Waals surface area contributed by atoms with Crippen LogP contribution in [0.1, 0.15) is 74.5 Å². The molecule has 0 aromatic carbocycles. The average molecular weight is 910 g/mol. The first-order valence-electron chi connectivity index (χ1n) is 15.9. The molecule has 12 nitrogen and oxygen atoms in total. The van der Waals surface area contributed by atoms with Crippen LogP contribution >= 0.6 is 31.9 Å². The van der Waals surface area contributed by atoms with Gasteiger partial charge in [0.25, 0.3) is 0 Å². The van der Waals surface area contributed by atoms with Crippen molar-refractivity contribution in [1.82, 2.24) is 29.9 Å². The molecule has 0 aliphatic carbocycles. The second kappa shape index (κ2) is 18.2. The molecule has 0 unspecified atom stereocenters. The highest BCUT2D eigenvalue weighted by molar-refractivity contribution is 9.10. The van der Waals surface area contributed by atoms with Crippen LogP contribution in [0.3, 0.4) is 0 Å². The second-order valence-corrected chi connectivity index (χ2v) is 15.3. The third kappa shape index (κ3) is 13.3. The monoisotopic (exact) mass is 908 g/mol. The summed E-state index contributed by atoms with van der Waals surface area (Å²) >= 11 is 6.09.